The summed E-state index contributed by atoms with van der Waals surface area (Å²) in [5, 5.41) is 9.72. The zero-order valence-electron chi connectivity index (χ0n) is 14.1. The van der Waals surface area contributed by atoms with E-state index in [1.54, 1.807) is 6.92 Å². The van der Waals surface area contributed by atoms with E-state index in [-0.39, 0.29) is 5.57 Å². The predicted molar refractivity (Wildman–Crippen MR) is 89.3 cm³/mol. The molecule has 1 fully saturated rings. The second-order valence-corrected chi connectivity index (χ2v) is 6.05. The van der Waals surface area contributed by atoms with Crippen LogP contribution in [0.2, 0.25) is 0 Å². The van der Waals surface area contributed by atoms with Gasteiger partial charge in [-0.1, -0.05) is 70.1 Å². The smallest absolute Gasteiger partial charge is 0.337 e. The molecule has 1 saturated heterocycles. The summed E-state index contributed by atoms with van der Waals surface area (Å²) in [7, 11) is 0. The van der Waals surface area contributed by atoms with Crippen molar-refractivity contribution < 1.29 is 14.6 Å². The molecule has 0 aromatic heterocycles. The van der Waals surface area contributed by atoms with Crippen LogP contribution in [0.5, 0.6) is 0 Å². The van der Waals surface area contributed by atoms with Crippen molar-refractivity contribution in [1.82, 2.24) is 0 Å². The Morgan fingerprint density at radius 3 is 2.23 bits per heavy atom. The third-order valence-electron chi connectivity index (χ3n) is 4.03. The van der Waals surface area contributed by atoms with Crippen LogP contribution in [0.4, 0.5) is 0 Å². The first-order chi connectivity index (χ1) is 10.7. The third-order valence-corrected chi connectivity index (χ3v) is 4.03. The number of aliphatic hydroxyl groups excluding tert-OH is 1. The molecule has 0 aromatic rings. The first kappa shape index (κ1) is 18.8. The second-order valence-electron chi connectivity index (χ2n) is 6.05. The lowest BCUT2D eigenvalue weighted by Gasteiger charge is -2.03. The van der Waals surface area contributed by atoms with E-state index in [1.807, 2.05) is 0 Å². The maximum absolute atomic E-state index is 11.4. The first-order valence-electron chi connectivity index (χ1n) is 8.74. The van der Waals surface area contributed by atoms with Crippen molar-refractivity contribution in [2.45, 2.75) is 90.3 Å². The van der Waals surface area contributed by atoms with Gasteiger partial charge in [0.25, 0.3) is 0 Å². The Labute approximate surface area is 135 Å². The summed E-state index contributed by atoms with van der Waals surface area (Å²) in [5.41, 5.74) is 0.284. The molecule has 1 heterocycles. The fourth-order valence-corrected chi connectivity index (χ4v) is 2.54. The fraction of sp³-hybridized carbons (Fsp3) is 0.737. The third kappa shape index (κ3) is 7.13. The second kappa shape index (κ2) is 11.3. The minimum atomic E-state index is -0.838. The number of ether oxygens (including phenoxy) is 1. The number of hydrogen-bond acceptors (Lipinski definition) is 3. The van der Waals surface area contributed by atoms with E-state index in [0.717, 1.165) is 12.8 Å². The Bertz CT molecular complexity index is 414. The van der Waals surface area contributed by atoms with Crippen LogP contribution in [-0.4, -0.2) is 23.3 Å². The molecule has 1 N–H and O–H groups in total. The molecular weight excluding hydrogens is 276 g/mol. The van der Waals surface area contributed by atoms with Crippen molar-refractivity contribution in [3.05, 3.63) is 11.6 Å². The summed E-state index contributed by atoms with van der Waals surface area (Å²) < 4.78 is 4.92. The molecule has 22 heavy (non-hydrogen) atoms. The molecule has 1 rings (SSSR count). The summed E-state index contributed by atoms with van der Waals surface area (Å²) in [6.07, 6.45) is 12.8. The average Bonchev–Trinajstić information content (AvgIpc) is 2.74. The van der Waals surface area contributed by atoms with Gasteiger partial charge in [0.15, 0.2) is 0 Å². The van der Waals surface area contributed by atoms with Gasteiger partial charge in [0, 0.05) is 12.5 Å². The molecule has 0 bridgehead atoms. The molecule has 1 aliphatic rings. The van der Waals surface area contributed by atoms with Crippen molar-refractivity contribution in [1.29, 1.82) is 0 Å². The van der Waals surface area contributed by atoms with Crippen LogP contribution in [-0.2, 0) is 9.53 Å². The number of carbonyl (C=O) groups is 1. The molecule has 0 aromatic carbocycles. The lowest BCUT2D eigenvalue weighted by atomic mass is 10.1. The van der Waals surface area contributed by atoms with Crippen molar-refractivity contribution in [2.75, 3.05) is 0 Å². The zero-order chi connectivity index (χ0) is 16.2. The normalized spacial score (nSPS) is 22.5. The van der Waals surface area contributed by atoms with Crippen LogP contribution in [0, 0.1) is 11.8 Å². The van der Waals surface area contributed by atoms with Crippen molar-refractivity contribution >= 4 is 5.97 Å². The molecule has 0 aliphatic carbocycles. The number of rotatable bonds is 9. The van der Waals surface area contributed by atoms with Gasteiger partial charge in [0.2, 0.25) is 0 Å². The van der Waals surface area contributed by atoms with Gasteiger partial charge in [-0.15, -0.1) is 0 Å². The summed E-state index contributed by atoms with van der Waals surface area (Å²) in [5.74, 6) is 5.46. The van der Waals surface area contributed by atoms with E-state index >= 15 is 0 Å². The van der Waals surface area contributed by atoms with E-state index in [9.17, 15) is 9.90 Å². The Kier molecular flexibility index (Phi) is 9.66. The van der Waals surface area contributed by atoms with Gasteiger partial charge >= 0.3 is 5.97 Å². The van der Waals surface area contributed by atoms with E-state index in [1.165, 1.54) is 57.4 Å². The SMILES string of the molecule is CCCCCCCCCCCC#C/C=C1\C(=O)O[C@@H](C)[C@H]1O. The Hall–Kier alpha value is -1.27. The van der Waals surface area contributed by atoms with Gasteiger partial charge in [-0.3, -0.25) is 0 Å². The number of unbranched alkanes of at least 4 members (excludes halogenated alkanes) is 9. The number of esters is 1. The summed E-state index contributed by atoms with van der Waals surface area (Å²) in [6.45, 7) is 3.92. The topological polar surface area (TPSA) is 46.5 Å². The maximum atomic E-state index is 11.4. The highest BCUT2D eigenvalue weighted by Crippen LogP contribution is 2.20. The van der Waals surface area contributed by atoms with Gasteiger partial charge in [-0.05, 0) is 13.3 Å². The number of hydrogen-bond donors (Lipinski definition) is 1. The number of cyclic esters (lactones) is 1. The van der Waals surface area contributed by atoms with Crippen LogP contribution >= 0.6 is 0 Å². The van der Waals surface area contributed by atoms with E-state index < -0.39 is 18.2 Å². The lowest BCUT2D eigenvalue weighted by Crippen LogP contribution is -2.17. The Morgan fingerprint density at radius 2 is 1.68 bits per heavy atom. The summed E-state index contributed by atoms with van der Waals surface area (Å²) in [6, 6.07) is 0. The van der Waals surface area contributed by atoms with Crippen molar-refractivity contribution in [3.63, 3.8) is 0 Å². The molecular formula is C19H30O3. The van der Waals surface area contributed by atoms with Gasteiger partial charge < -0.3 is 9.84 Å². The molecule has 3 nitrogen and oxygen atoms in total. The van der Waals surface area contributed by atoms with Gasteiger partial charge in [-0.2, -0.15) is 0 Å². The minimum absolute atomic E-state index is 0.284. The standard InChI is InChI=1S/C19H30O3/c1-3-4-5-6-7-8-9-10-11-12-13-14-15-17-18(20)16(2)22-19(17)21/h15-16,18,20H,3-12H2,1-2H3/b17-15-/t16-,18+/m0/s1. The number of carbonyl (C=O) groups excluding carboxylic acids is 1. The molecule has 0 radical (unpaired) electrons. The molecule has 0 saturated carbocycles. The van der Waals surface area contributed by atoms with Crippen molar-refractivity contribution in [3.8, 4) is 11.8 Å². The predicted octanol–water partition coefficient (Wildman–Crippen LogP) is 4.14. The molecule has 2 atom stereocenters. The molecule has 1 aliphatic heterocycles. The molecule has 0 amide bonds. The van der Waals surface area contributed by atoms with E-state index in [4.69, 9.17) is 4.74 Å². The zero-order valence-corrected chi connectivity index (χ0v) is 14.1. The number of allylic oxidation sites excluding steroid dienone is 1. The molecule has 0 spiro atoms. The van der Waals surface area contributed by atoms with Crippen LogP contribution in [0.3, 0.4) is 0 Å². The van der Waals surface area contributed by atoms with Crippen molar-refractivity contribution in [2.24, 2.45) is 0 Å². The average molecular weight is 306 g/mol. The maximum Gasteiger partial charge on any atom is 0.337 e. The molecule has 124 valence electrons. The lowest BCUT2D eigenvalue weighted by molar-refractivity contribution is -0.138. The van der Waals surface area contributed by atoms with Crippen LogP contribution in [0.15, 0.2) is 11.6 Å². The highest BCUT2D eigenvalue weighted by Gasteiger charge is 2.35. The quantitative estimate of drug-likeness (QED) is 0.301. The fourth-order valence-electron chi connectivity index (χ4n) is 2.54. The van der Waals surface area contributed by atoms with Gasteiger partial charge in [-0.25, -0.2) is 4.79 Å². The highest BCUT2D eigenvalue weighted by molar-refractivity contribution is 5.92. The molecule has 3 heteroatoms. The minimum Gasteiger partial charge on any atom is -0.456 e. The van der Waals surface area contributed by atoms with Crippen LogP contribution in [0.25, 0.3) is 0 Å². The Balaban J connectivity index is 2.05. The highest BCUT2D eigenvalue weighted by atomic mass is 16.6. The Morgan fingerprint density at radius 1 is 1.09 bits per heavy atom. The monoisotopic (exact) mass is 306 g/mol. The van der Waals surface area contributed by atoms with Gasteiger partial charge in [0.05, 0.1) is 5.57 Å². The largest absolute Gasteiger partial charge is 0.456 e. The number of aliphatic hydroxyl groups is 1. The first-order valence-corrected chi connectivity index (χ1v) is 8.74. The summed E-state index contributed by atoms with van der Waals surface area (Å²) >= 11 is 0. The van der Waals surface area contributed by atoms with Crippen LogP contribution < -0.4 is 0 Å². The van der Waals surface area contributed by atoms with E-state index in [0.29, 0.717) is 0 Å². The molecule has 0 unspecified atom stereocenters. The van der Waals surface area contributed by atoms with E-state index in [2.05, 4.69) is 18.8 Å². The van der Waals surface area contributed by atoms with Gasteiger partial charge in [0.1, 0.15) is 12.2 Å². The summed E-state index contributed by atoms with van der Waals surface area (Å²) in [4.78, 5) is 11.4. The van der Waals surface area contributed by atoms with Crippen LogP contribution in [0.1, 0.15) is 78.1 Å².